The van der Waals surface area contributed by atoms with Gasteiger partial charge < -0.3 is 55.3 Å². The van der Waals surface area contributed by atoms with Crippen molar-refractivity contribution >= 4 is 35.8 Å². The summed E-state index contributed by atoms with van der Waals surface area (Å²) in [5.74, 6) is 0.428. The SMILES string of the molecule is CCCC[N+](CC)(CCC)CCOC(=O)C(C)(C)C.CCC[N+](CC)(CCC)CCOC(=O)C(C)(C)C.CCC[N+](CC)(CCC)CCOC(=O)C1CCCC1.CC[N+](CC)(CC)CCOC(=O)C(C)(C)C.CC[N+](CC)(CC)CCOC(=O)C1CCCC1.C[N+](C)(C)CCOC(=O)C1CCCC1. The molecule has 3 rings (SSSR count). The summed E-state index contributed by atoms with van der Waals surface area (Å²) in [6.45, 7) is 76.6. The number of likely N-dealkylation sites (N-methyl/N-ethyl adjacent to an activating group) is 6. The molecule has 3 aliphatic rings. The van der Waals surface area contributed by atoms with Crippen molar-refractivity contribution < 1.29 is 84.1 Å². The van der Waals surface area contributed by atoms with Crippen LogP contribution in [0.4, 0.5) is 0 Å². The normalized spacial score (nSPS) is 15.4. The third-order valence-electron chi connectivity index (χ3n) is 22.4. The Hall–Kier alpha value is -3.42. The summed E-state index contributed by atoms with van der Waals surface area (Å²) in [5, 5.41) is 0. The number of quaternary nitrogens is 6. The van der Waals surface area contributed by atoms with Crippen molar-refractivity contribution in [2.75, 3.05) is 198 Å². The third-order valence-corrected chi connectivity index (χ3v) is 22.4. The van der Waals surface area contributed by atoms with Gasteiger partial charge in [0.25, 0.3) is 0 Å². The van der Waals surface area contributed by atoms with E-state index >= 15 is 0 Å². The number of nitrogens with zero attached hydrogens (tertiary/aromatic N) is 6. The Kier molecular flexibility index (Phi) is 56.3. The van der Waals surface area contributed by atoms with E-state index in [1.807, 2.05) is 62.3 Å². The van der Waals surface area contributed by atoms with E-state index in [0.29, 0.717) is 39.6 Å². The molecule has 3 fully saturated rings. The van der Waals surface area contributed by atoms with Crippen LogP contribution < -0.4 is 0 Å². The fourth-order valence-electron chi connectivity index (χ4n) is 14.2. The third kappa shape index (κ3) is 45.9. The second kappa shape index (κ2) is 55.9. The molecular formula is C85H176N6O12+6. The first-order valence-electron chi connectivity index (χ1n) is 42.3. The molecule has 0 heterocycles. The van der Waals surface area contributed by atoms with Crippen molar-refractivity contribution in [2.45, 2.75) is 288 Å². The summed E-state index contributed by atoms with van der Waals surface area (Å²) >= 11 is 0. The Bertz CT molecular complexity index is 2150. The fourth-order valence-corrected chi connectivity index (χ4v) is 14.2. The van der Waals surface area contributed by atoms with Gasteiger partial charge in [0.15, 0.2) is 0 Å². The average molecular weight is 1470 g/mol. The van der Waals surface area contributed by atoms with Gasteiger partial charge in [0.05, 0.1) is 153 Å². The van der Waals surface area contributed by atoms with Crippen LogP contribution in [-0.2, 0) is 57.2 Å². The van der Waals surface area contributed by atoms with Crippen molar-refractivity contribution in [3.05, 3.63) is 0 Å². The first-order valence-corrected chi connectivity index (χ1v) is 42.3. The molecule has 0 aromatic heterocycles. The molecule has 0 aromatic rings. The van der Waals surface area contributed by atoms with Gasteiger partial charge in [0.1, 0.15) is 78.9 Å². The minimum atomic E-state index is -0.393. The first-order chi connectivity index (χ1) is 48.3. The lowest BCUT2D eigenvalue weighted by Crippen LogP contribution is -2.51. The number of carbonyl (C=O) groups excluding carboxylic acids is 6. The van der Waals surface area contributed by atoms with Gasteiger partial charge in [-0.3, -0.25) is 28.8 Å². The van der Waals surface area contributed by atoms with Crippen LogP contribution in [0.1, 0.15) is 288 Å². The molecule has 103 heavy (non-hydrogen) atoms. The van der Waals surface area contributed by atoms with Crippen LogP contribution in [0.2, 0.25) is 0 Å². The van der Waals surface area contributed by atoms with Crippen LogP contribution in [0.25, 0.3) is 0 Å². The van der Waals surface area contributed by atoms with Gasteiger partial charge in [-0.05, 0) is 202 Å². The molecule has 0 N–H and O–H groups in total. The molecule has 18 nitrogen and oxygen atoms in total. The lowest BCUT2D eigenvalue weighted by molar-refractivity contribution is -0.927. The van der Waals surface area contributed by atoms with Crippen molar-refractivity contribution in [3.8, 4) is 0 Å². The van der Waals surface area contributed by atoms with Crippen LogP contribution in [0, 0.1) is 34.0 Å². The second-order valence-electron chi connectivity index (χ2n) is 34.5. The van der Waals surface area contributed by atoms with Crippen molar-refractivity contribution in [1.29, 1.82) is 0 Å². The molecule has 1 atom stereocenters. The first kappa shape index (κ1) is 104. The maximum atomic E-state index is 11.9. The highest BCUT2D eigenvalue weighted by atomic mass is 16.6. The van der Waals surface area contributed by atoms with Gasteiger partial charge in [-0.2, -0.15) is 0 Å². The molecule has 0 aliphatic heterocycles. The standard InChI is InChI=1S/C16H32NO2.C16H34NO2.C15H32NO2.C14H28NO2.C13H28NO2.C11H22NO2/c1-4-11-17(6-3,12-5-2)13-14-19-16(18)15-9-7-8-10-15;1-7-10-12-17(9-3,11-8-2)13-14-19-15(18)16(4,5)6;1-7-10-16(9-3,11-8-2)12-13-18-14(17)15(4,5)6;1-4-15(5-2,6-3)11-12-17-14(16)13-9-7-8-10-13;1-7-14(8-2,9-3)10-11-16-12(15)13(4,5)6;1-12(2,3)8-9-14-11(13)10-6-4-5-7-10/h15H,4-14H2,1-3H3;7-14H2,1-6H3;7-13H2,1-6H3;13H,4-12H2,1-3H3;7-11H2,1-6H3;10H,4-9H2,1-3H3/q6*+1. The topological polar surface area (TPSA) is 158 Å². The van der Waals surface area contributed by atoms with Crippen LogP contribution >= 0.6 is 0 Å². The second-order valence-corrected chi connectivity index (χ2v) is 34.5. The summed E-state index contributed by atoms with van der Waals surface area (Å²) in [6, 6.07) is 0. The maximum Gasteiger partial charge on any atom is 0.311 e. The predicted octanol–water partition coefficient (Wildman–Crippen LogP) is 16.7. The number of hydrogen-bond donors (Lipinski definition) is 0. The van der Waals surface area contributed by atoms with E-state index in [2.05, 4.69) is 125 Å². The van der Waals surface area contributed by atoms with E-state index in [-0.39, 0.29) is 59.0 Å². The maximum absolute atomic E-state index is 11.9. The van der Waals surface area contributed by atoms with Crippen LogP contribution in [0.15, 0.2) is 0 Å². The summed E-state index contributed by atoms with van der Waals surface area (Å²) < 4.78 is 38.5. The molecule has 0 saturated heterocycles. The Morgan fingerprint density at radius 2 is 0.456 bits per heavy atom. The molecule has 3 saturated carbocycles. The highest BCUT2D eigenvalue weighted by Gasteiger charge is 2.33. The monoisotopic (exact) mass is 1470 g/mol. The number of esters is 6. The lowest BCUT2D eigenvalue weighted by atomic mass is 9.97. The molecule has 3 aliphatic carbocycles. The number of unbranched alkanes of at least 4 members (excludes halogenated alkanes) is 1. The number of carbonyl (C=O) groups is 6. The summed E-state index contributed by atoms with van der Waals surface area (Å²) in [5.41, 5.74) is -1.17. The van der Waals surface area contributed by atoms with Gasteiger partial charge in [-0.1, -0.05) is 86.5 Å². The van der Waals surface area contributed by atoms with E-state index in [9.17, 15) is 28.8 Å². The molecule has 1 unspecified atom stereocenters. The van der Waals surface area contributed by atoms with Crippen LogP contribution in [0.5, 0.6) is 0 Å². The molecule has 0 aromatic carbocycles. The Balaban J connectivity index is -0.00000117. The van der Waals surface area contributed by atoms with E-state index in [1.165, 1.54) is 123 Å². The molecular weight excluding hydrogens is 1300 g/mol. The Morgan fingerprint density at radius 3 is 0.641 bits per heavy atom. The number of ether oxygens (including phenoxy) is 6. The van der Waals surface area contributed by atoms with Gasteiger partial charge in [-0.25, -0.2) is 0 Å². The van der Waals surface area contributed by atoms with Gasteiger partial charge in [0.2, 0.25) is 0 Å². The smallest absolute Gasteiger partial charge is 0.311 e. The quantitative estimate of drug-likeness (QED) is 0.0324. The van der Waals surface area contributed by atoms with Gasteiger partial charge >= 0.3 is 35.8 Å². The summed E-state index contributed by atoms with van der Waals surface area (Å²) in [6.07, 6.45) is 21.8. The van der Waals surface area contributed by atoms with E-state index in [0.717, 1.165) is 164 Å². The number of rotatable bonds is 43. The largest absolute Gasteiger partial charge is 0.459 e. The predicted molar refractivity (Wildman–Crippen MR) is 429 cm³/mol. The van der Waals surface area contributed by atoms with Crippen molar-refractivity contribution in [2.24, 2.45) is 34.0 Å². The zero-order chi connectivity index (χ0) is 79.5. The minimum Gasteiger partial charge on any atom is -0.459 e. The highest BCUT2D eigenvalue weighted by molar-refractivity contribution is 5.76. The molecule has 612 valence electrons. The fraction of sp³-hybridized carbons (Fsp3) is 0.929. The minimum absolute atomic E-state index is 0.0240. The van der Waals surface area contributed by atoms with Crippen LogP contribution in [0.3, 0.4) is 0 Å². The van der Waals surface area contributed by atoms with Gasteiger partial charge in [-0.15, -0.1) is 0 Å². The zero-order valence-electron chi connectivity index (χ0n) is 73.3. The molecule has 0 radical (unpaired) electrons. The molecule has 0 bridgehead atoms. The Morgan fingerprint density at radius 1 is 0.262 bits per heavy atom. The molecule has 18 heteroatoms. The number of hydrogen-bond acceptors (Lipinski definition) is 12. The summed E-state index contributed by atoms with van der Waals surface area (Å²) in [7, 11) is 6.30. The van der Waals surface area contributed by atoms with E-state index in [4.69, 9.17) is 28.4 Å². The van der Waals surface area contributed by atoms with Crippen LogP contribution in [-0.4, -0.2) is 261 Å². The van der Waals surface area contributed by atoms with E-state index in [1.54, 1.807) is 0 Å². The lowest BCUT2D eigenvalue weighted by Gasteiger charge is -2.37. The van der Waals surface area contributed by atoms with Gasteiger partial charge in [0, 0.05) is 0 Å². The van der Waals surface area contributed by atoms with E-state index < -0.39 is 10.8 Å². The molecule has 0 amide bonds. The van der Waals surface area contributed by atoms with Crippen molar-refractivity contribution in [3.63, 3.8) is 0 Å². The highest BCUT2D eigenvalue weighted by Crippen LogP contribution is 2.28. The average Bonchev–Trinajstić information content (AvgIpc) is 1.56. The van der Waals surface area contributed by atoms with Crippen molar-refractivity contribution in [1.82, 2.24) is 0 Å². The zero-order valence-corrected chi connectivity index (χ0v) is 73.3. The molecule has 0 spiro atoms. The summed E-state index contributed by atoms with van der Waals surface area (Å²) in [4.78, 5) is 70.3. The Labute approximate surface area is 637 Å².